The number of carbonyl (C=O) groups is 1. The molecule has 2 heterocycles. The van der Waals surface area contributed by atoms with Crippen molar-refractivity contribution in [1.82, 2.24) is 15.1 Å². The van der Waals surface area contributed by atoms with Gasteiger partial charge >= 0.3 is 5.97 Å². The number of likely N-dealkylation sites (tertiary alicyclic amines) is 1. The molecule has 0 radical (unpaired) electrons. The van der Waals surface area contributed by atoms with Crippen molar-refractivity contribution in [2.75, 3.05) is 32.1 Å². The number of esters is 1. The first-order valence-corrected chi connectivity index (χ1v) is 6.60. The first-order valence-electron chi connectivity index (χ1n) is 6.60. The smallest absolute Gasteiger partial charge is 0.358 e. The Morgan fingerprint density at radius 2 is 2.16 bits per heavy atom. The number of nitrogens with one attached hydrogen (secondary N) is 1. The molecular weight excluding hydrogens is 244 g/mol. The number of aromatic nitrogens is 2. The Hall–Kier alpha value is -1.69. The van der Waals surface area contributed by atoms with E-state index in [0.29, 0.717) is 11.9 Å². The van der Waals surface area contributed by atoms with Gasteiger partial charge < -0.3 is 15.0 Å². The SMILES string of the molecule is COC(=O)c1ccc(NC(C)CN2CCCC2)nn1. The van der Waals surface area contributed by atoms with E-state index < -0.39 is 5.97 Å². The average Bonchev–Trinajstić information content (AvgIpc) is 2.91. The van der Waals surface area contributed by atoms with E-state index in [1.165, 1.54) is 33.0 Å². The van der Waals surface area contributed by atoms with Crippen LogP contribution in [0.3, 0.4) is 0 Å². The Balaban J connectivity index is 1.86. The normalized spacial score (nSPS) is 17.2. The zero-order valence-electron chi connectivity index (χ0n) is 11.4. The molecule has 1 fully saturated rings. The average molecular weight is 264 g/mol. The first-order chi connectivity index (χ1) is 9.19. The van der Waals surface area contributed by atoms with Crippen LogP contribution in [0.4, 0.5) is 5.82 Å². The second kappa shape index (κ2) is 6.47. The lowest BCUT2D eigenvalue weighted by molar-refractivity contribution is 0.0593. The Labute approximate surface area is 113 Å². The number of ether oxygens (including phenoxy) is 1. The minimum atomic E-state index is -0.468. The van der Waals surface area contributed by atoms with E-state index in [4.69, 9.17) is 0 Å². The quantitative estimate of drug-likeness (QED) is 0.805. The van der Waals surface area contributed by atoms with E-state index >= 15 is 0 Å². The second-order valence-electron chi connectivity index (χ2n) is 4.85. The Morgan fingerprint density at radius 1 is 1.42 bits per heavy atom. The molecule has 0 spiro atoms. The summed E-state index contributed by atoms with van der Waals surface area (Å²) >= 11 is 0. The second-order valence-corrected chi connectivity index (χ2v) is 4.85. The van der Waals surface area contributed by atoms with E-state index in [1.54, 1.807) is 12.1 Å². The summed E-state index contributed by atoms with van der Waals surface area (Å²) in [6.07, 6.45) is 2.58. The molecule has 2 rings (SSSR count). The molecule has 1 aliphatic heterocycles. The number of carbonyl (C=O) groups excluding carboxylic acids is 1. The van der Waals surface area contributed by atoms with Gasteiger partial charge in [-0.05, 0) is 45.0 Å². The molecule has 104 valence electrons. The number of methoxy groups -OCH3 is 1. The van der Waals surface area contributed by atoms with Crippen molar-refractivity contribution in [3.63, 3.8) is 0 Å². The summed E-state index contributed by atoms with van der Waals surface area (Å²) < 4.78 is 4.58. The van der Waals surface area contributed by atoms with Gasteiger partial charge in [0.1, 0.15) is 5.82 Å². The molecular formula is C13H20N4O2. The fourth-order valence-corrected chi connectivity index (χ4v) is 2.27. The third-order valence-corrected chi connectivity index (χ3v) is 3.18. The van der Waals surface area contributed by atoms with Crippen LogP contribution < -0.4 is 5.32 Å². The van der Waals surface area contributed by atoms with Gasteiger partial charge in [0.2, 0.25) is 0 Å². The zero-order chi connectivity index (χ0) is 13.7. The molecule has 1 unspecified atom stereocenters. The van der Waals surface area contributed by atoms with Crippen LogP contribution in [0.2, 0.25) is 0 Å². The van der Waals surface area contributed by atoms with Crippen LogP contribution >= 0.6 is 0 Å². The number of nitrogens with zero attached hydrogens (tertiary/aromatic N) is 3. The maximum atomic E-state index is 11.2. The lowest BCUT2D eigenvalue weighted by Gasteiger charge is -2.21. The Kier molecular flexibility index (Phi) is 4.68. The van der Waals surface area contributed by atoms with Crippen molar-refractivity contribution >= 4 is 11.8 Å². The molecule has 0 saturated carbocycles. The van der Waals surface area contributed by atoms with Gasteiger partial charge in [-0.1, -0.05) is 0 Å². The minimum Gasteiger partial charge on any atom is -0.464 e. The monoisotopic (exact) mass is 264 g/mol. The Morgan fingerprint density at radius 3 is 2.74 bits per heavy atom. The maximum absolute atomic E-state index is 11.2. The molecule has 1 saturated heterocycles. The van der Waals surface area contributed by atoms with Crippen molar-refractivity contribution < 1.29 is 9.53 Å². The first kappa shape index (κ1) is 13.7. The van der Waals surface area contributed by atoms with E-state index in [2.05, 4.69) is 32.1 Å². The van der Waals surface area contributed by atoms with Gasteiger partial charge in [-0.15, -0.1) is 10.2 Å². The topological polar surface area (TPSA) is 67.3 Å². The van der Waals surface area contributed by atoms with Crippen LogP contribution in [0.15, 0.2) is 12.1 Å². The van der Waals surface area contributed by atoms with Crippen LogP contribution in [-0.2, 0) is 4.74 Å². The number of hydrogen-bond acceptors (Lipinski definition) is 6. The van der Waals surface area contributed by atoms with Crippen molar-refractivity contribution in [3.05, 3.63) is 17.8 Å². The molecule has 1 atom stereocenters. The zero-order valence-corrected chi connectivity index (χ0v) is 11.4. The minimum absolute atomic E-state index is 0.222. The van der Waals surface area contributed by atoms with Gasteiger partial charge in [-0.3, -0.25) is 0 Å². The number of anilines is 1. The van der Waals surface area contributed by atoms with Crippen LogP contribution in [0.25, 0.3) is 0 Å². The number of rotatable bonds is 5. The standard InChI is InChI=1S/C13H20N4O2/c1-10(9-17-7-3-4-8-17)14-12-6-5-11(15-16-12)13(18)19-2/h5-6,10H,3-4,7-9H2,1-2H3,(H,14,16). The Bertz CT molecular complexity index is 415. The molecule has 1 aromatic rings. The third kappa shape index (κ3) is 3.89. The van der Waals surface area contributed by atoms with Crippen molar-refractivity contribution in [3.8, 4) is 0 Å². The van der Waals surface area contributed by atoms with E-state index in [0.717, 1.165) is 6.54 Å². The summed E-state index contributed by atoms with van der Waals surface area (Å²) in [4.78, 5) is 13.7. The highest BCUT2D eigenvalue weighted by molar-refractivity contribution is 5.86. The lowest BCUT2D eigenvalue weighted by Crippen LogP contribution is -2.33. The molecule has 1 aromatic heterocycles. The summed E-state index contributed by atoms with van der Waals surface area (Å²) in [5.41, 5.74) is 0.222. The molecule has 0 amide bonds. The highest BCUT2D eigenvalue weighted by Crippen LogP contribution is 2.10. The van der Waals surface area contributed by atoms with Gasteiger partial charge in [0.15, 0.2) is 5.69 Å². The summed E-state index contributed by atoms with van der Waals surface area (Å²) in [5.74, 6) is 0.212. The van der Waals surface area contributed by atoms with E-state index in [-0.39, 0.29) is 5.69 Å². The highest BCUT2D eigenvalue weighted by Gasteiger charge is 2.15. The van der Waals surface area contributed by atoms with Crippen LogP contribution in [0.5, 0.6) is 0 Å². The van der Waals surface area contributed by atoms with Gasteiger partial charge in [0.25, 0.3) is 0 Å². The fraction of sp³-hybridized carbons (Fsp3) is 0.615. The molecule has 1 aliphatic rings. The molecule has 19 heavy (non-hydrogen) atoms. The van der Waals surface area contributed by atoms with E-state index in [9.17, 15) is 4.79 Å². The summed E-state index contributed by atoms with van der Waals surface area (Å²) in [7, 11) is 1.33. The van der Waals surface area contributed by atoms with Crippen molar-refractivity contribution in [1.29, 1.82) is 0 Å². The number of hydrogen-bond donors (Lipinski definition) is 1. The van der Waals surface area contributed by atoms with Crippen LogP contribution in [0.1, 0.15) is 30.3 Å². The maximum Gasteiger partial charge on any atom is 0.358 e. The van der Waals surface area contributed by atoms with Crippen molar-refractivity contribution in [2.45, 2.75) is 25.8 Å². The molecule has 6 nitrogen and oxygen atoms in total. The molecule has 1 N–H and O–H groups in total. The van der Waals surface area contributed by atoms with Crippen LogP contribution in [0, 0.1) is 0 Å². The highest BCUT2D eigenvalue weighted by atomic mass is 16.5. The summed E-state index contributed by atoms with van der Waals surface area (Å²) in [6.45, 7) is 5.48. The van der Waals surface area contributed by atoms with Gasteiger partial charge in [-0.2, -0.15) is 0 Å². The third-order valence-electron chi connectivity index (χ3n) is 3.18. The predicted octanol–water partition coefficient (Wildman–Crippen LogP) is 1.16. The van der Waals surface area contributed by atoms with Crippen molar-refractivity contribution in [2.24, 2.45) is 0 Å². The van der Waals surface area contributed by atoms with E-state index in [1.807, 2.05) is 0 Å². The summed E-state index contributed by atoms with van der Waals surface area (Å²) in [5, 5.41) is 11.1. The fourth-order valence-electron chi connectivity index (χ4n) is 2.27. The van der Waals surface area contributed by atoms with Crippen LogP contribution in [-0.4, -0.2) is 53.9 Å². The molecule has 0 bridgehead atoms. The predicted molar refractivity (Wildman–Crippen MR) is 72.1 cm³/mol. The van der Waals surface area contributed by atoms with Gasteiger partial charge in [0, 0.05) is 12.6 Å². The molecule has 0 aliphatic carbocycles. The summed E-state index contributed by atoms with van der Waals surface area (Å²) in [6, 6.07) is 3.67. The molecule has 0 aromatic carbocycles. The largest absolute Gasteiger partial charge is 0.464 e. The van der Waals surface area contributed by atoms with Gasteiger partial charge in [-0.25, -0.2) is 4.79 Å². The lowest BCUT2D eigenvalue weighted by atomic mass is 10.3. The molecule has 6 heteroatoms. The van der Waals surface area contributed by atoms with Gasteiger partial charge in [0.05, 0.1) is 7.11 Å².